The van der Waals surface area contributed by atoms with Crippen LogP contribution < -0.4 is 0 Å². The Kier molecular flexibility index (Phi) is 5.20. The van der Waals surface area contributed by atoms with E-state index in [4.69, 9.17) is 0 Å². The molecule has 0 radical (unpaired) electrons. The number of hydrogen-bond donors (Lipinski definition) is 1. The van der Waals surface area contributed by atoms with Gasteiger partial charge < -0.3 is 0 Å². The molecule has 4 aromatic carbocycles. The number of hydrogen-bond acceptors (Lipinski definition) is 1. The molecule has 4 heteroatoms. The van der Waals surface area contributed by atoms with Gasteiger partial charge in [-0.1, -0.05) is 48.5 Å². The van der Waals surface area contributed by atoms with Crippen LogP contribution in [0.15, 0.2) is 83.8 Å². The van der Waals surface area contributed by atoms with Crippen molar-refractivity contribution in [2.75, 3.05) is 0 Å². The molecule has 0 spiro atoms. The molecule has 4 rings (SSSR count). The van der Waals surface area contributed by atoms with Crippen LogP contribution in [0.4, 0.5) is 13.2 Å². The minimum Gasteiger partial charge on any atom is -0.207 e. The molecule has 144 valence electrons. The van der Waals surface area contributed by atoms with E-state index in [2.05, 4.69) is 12.6 Å². The smallest absolute Gasteiger partial charge is 0.131 e. The molecule has 0 saturated heterocycles. The van der Waals surface area contributed by atoms with Crippen molar-refractivity contribution in [2.45, 2.75) is 11.8 Å². The third kappa shape index (κ3) is 3.94. The Morgan fingerprint density at radius 1 is 0.517 bits per heavy atom. The zero-order valence-corrected chi connectivity index (χ0v) is 16.5. The van der Waals surface area contributed by atoms with Crippen LogP contribution in [-0.2, 0) is 0 Å². The van der Waals surface area contributed by atoms with Gasteiger partial charge in [0.25, 0.3) is 0 Å². The number of benzene rings is 4. The highest BCUT2D eigenvalue weighted by atomic mass is 32.1. The van der Waals surface area contributed by atoms with E-state index < -0.39 is 17.5 Å². The summed E-state index contributed by atoms with van der Waals surface area (Å²) in [5.74, 6) is -1.91. The molecule has 4 aromatic rings. The molecule has 29 heavy (non-hydrogen) atoms. The van der Waals surface area contributed by atoms with E-state index in [1.807, 2.05) is 48.5 Å². The summed E-state index contributed by atoms with van der Waals surface area (Å²) in [7, 11) is 0. The topological polar surface area (TPSA) is 0 Å². The lowest BCUT2D eigenvalue weighted by Crippen LogP contribution is -1.93. The second kappa shape index (κ2) is 7.80. The first-order chi connectivity index (χ1) is 13.9. The average Bonchev–Trinajstić information content (AvgIpc) is 2.72. The first-order valence-electron chi connectivity index (χ1n) is 9.08. The Hall–Kier alpha value is -2.98. The summed E-state index contributed by atoms with van der Waals surface area (Å²) in [6.45, 7) is 1.35. The molecular weight excluding hydrogens is 389 g/mol. The van der Waals surface area contributed by atoms with Crippen LogP contribution in [0.25, 0.3) is 33.4 Å². The Balaban J connectivity index is 1.65. The molecule has 0 fully saturated rings. The third-order valence-corrected chi connectivity index (χ3v) is 5.28. The van der Waals surface area contributed by atoms with Gasteiger partial charge in [0.15, 0.2) is 0 Å². The third-order valence-electron chi connectivity index (χ3n) is 4.98. The first kappa shape index (κ1) is 19.3. The lowest BCUT2D eigenvalue weighted by molar-refractivity contribution is 0.568. The Bertz CT molecular complexity index is 1160. The molecule has 0 bridgehead atoms. The van der Waals surface area contributed by atoms with Crippen molar-refractivity contribution in [1.29, 1.82) is 0 Å². The Labute approximate surface area is 173 Å². The van der Waals surface area contributed by atoms with Crippen LogP contribution in [0.3, 0.4) is 0 Å². The van der Waals surface area contributed by atoms with Gasteiger partial charge in [-0.15, -0.1) is 12.6 Å². The molecule has 0 nitrogen and oxygen atoms in total. The summed E-state index contributed by atoms with van der Waals surface area (Å²) in [6.07, 6.45) is 0. The molecule has 0 amide bonds. The van der Waals surface area contributed by atoms with E-state index in [-0.39, 0.29) is 16.7 Å². The summed E-state index contributed by atoms with van der Waals surface area (Å²) in [5, 5.41) is 0. The van der Waals surface area contributed by atoms with Crippen molar-refractivity contribution in [3.63, 3.8) is 0 Å². The quantitative estimate of drug-likeness (QED) is 0.331. The van der Waals surface area contributed by atoms with Gasteiger partial charge in [0.1, 0.15) is 17.5 Å². The fourth-order valence-corrected chi connectivity index (χ4v) is 3.39. The Morgan fingerprint density at radius 2 is 0.931 bits per heavy atom. The highest BCUT2D eigenvalue weighted by Gasteiger charge is 2.12. The fraction of sp³-hybridized carbons (Fsp3) is 0.0400. The Morgan fingerprint density at radius 3 is 1.45 bits per heavy atom. The zero-order chi connectivity index (χ0) is 20.5. The number of rotatable bonds is 3. The van der Waals surface area contributed by atoms with Gasteiger partial charge in [-0.3, -0.25) is 0 Å². The van der Waals surface area contributed by atoms with Gasteiger partial charge in [-0.05, 0) is 65.1 Å². The van der Waals surface area contributed by atoms with Crippen molar-refractivity contribution in [1.82, 2.24) is 0 Å². The molecule has 0 aliphatic carbocycles. The van der Waals surface area contributed by atoms with Crippen LogP contribution in [0, 0.1) is 24.4 Å². The van der Waals surface area contributed by atoms with E-state index in [9.17, 15) is 13.2 Å². The molecule has 0 aliphatic heterocycles. The van der Waals surface area contributed by atoms with Crippen molar-refractivity contribution in [3.05, 3.63) is 102 Å². The van der Waals surface area contributed by atoms with Crippen LogP contribution in [0.2, 0.25) is 0 Å². The van der Waals surface area contributed by atoms with Crippen molar-refractivity contribution in [3.8, 4) is 33.4 Å². The van der Waals surface area contributed by atoms with Gasteiger partial charge >= 0.3 is 0 Å². The van der Waals surface area contributed by atoms with E-state index >= 15 is 0 Å². The molecule has 0 unspecified atom stereocenters. The average molecular weight is 406 g/mol. The van der Waals surface area contributed by atoms with Gasteiger partial charge in [-0.2, -0.15) is 0 Å². The SMILES string of the molecule is Cc1c(F)cc(-c2ccc(-c3ccc(-c4ccc(S)cc4)cc3)cc2F)cc1F. The maximum Gasteiger partial charge on any atom is 0.131 e. The number of thiol groups is 1. The summed E-state index contributed by atoms with van der Waals surface area (Å²) in [6, 6.07) is 22.6. The molecule has 0 aliphatic rings. The van der Waals surface area contributed by atoms with Crippen LogP contribution in [0.1, 0.15) is 5.56 Å². The minimum absolute atomic E-state index is 0.0742. The first-order valence-corrected chi connectivity index (χ1v) is 9.52. The predicted molar refractivity (Wildman–Crippen MR) is 115 cm³/mol. The standard InChI is InChI=1S/C25H17F3S/c1-15-23(26)13-20(14-24(15)27)22-11-8-19(12-25(22)28)18-4-2-16(3-5-18)17-6-9-21(29)10-7-17/h2-14,29H,1H3. The monoisotopic (exact) mass is 406 g/mol. The number of halogens is 3. The van der Waals surface area contributed by atoms with Gasteiger partial charge in [0.05, 0.1) is 0 Å². The largest absolute Gasteiger partial charge is 0.207 e. The maximum atomic E-state index is 14.7. The summed E-state index contributed by atoms with van der Waals surface area (Å²) < 4.78 is 42.4. The maximum absolute atomic E-state index is 14.7. The second-order valence-corrected chi connectivity index (χ2v) is 7.40. The summed E-state index contributed by atoms with van der Waals surface area (Å²) >= 11 is 4.29. The molecule has 0 N–H and O–H groups in total. The zero-order valence-electron chi connectivity index (χ0n) is 15.6. The normalized spacial score (nSPS) is 10.9. The van der Waals surface area contributed by atoms with Crippen molar-refractivity contribution in [2.24, 2.45) is 0 Å². The van der Waals surface area contributed by atoms with E-state index in [0.29, 0.717) is 5.56 Å². The predicted octanol–water partition coefficient (Wildman–Crippen LogP) is 7.70. The second-order valence-electron chi connectivity index (χ2n) is 6.88. The summed E-state index contributed by atoms with van der Waals surface area (Å²) in [4.78, 5) is 0.897. The molecule has 0 atom stereocenters. The van der Waals surface area contributed by atoms with Crippen LogP contribution in [-0.4, -0.2) is 0 Å². The van der Waals surface area contributed by atoms with E-state index in [1.54, 1.807) is 12.1 Å². The lowest BCUT2D eigenvalue weighted by Gasteiger charge is -2.09. The van der Waals surface area contributed by atoms with E-state index in [0.717, 1.165) is 33.7 Å². The van der Waals surface area contributed by atoms with Gasteiger partial charge in [0.2, 0.25) is 0 Å². The van der Waals surface area contributed by atoms with E-state index in [1.165, 1.54) is 13.0 Å². The molecule has 0 heterocycles. The lowest BCUT2D eigenvalue weighted by atomic mass is 9.97. The van der Waals surface area contributed by atoms with Crippen LogP contribution >= 0.6 is 12.6 Å². The fourth-order valence-electron chi connectivity index (χ4n) is 3.24. The molecule has 0 saturated carbocycles. The molecular formula is C25H17F3S. The van der Waals surface area contributed by atoms with Gasteiger partial charge in [0, 0.05) is 16.0 Å². The van der Waals surface area contributed by atoms with Crippen LogP contribution in [0.5, 0.6) is 0 Å². The van der Waals surface area contributed by atoms with Crippen molar-refractivity contribution < 1.29 is 13.2 Å². The highest BCUT2D eigenvalue weighted by molar-refractivity contribution is 7.80. The van der Waals surface area contributed by atoms with Gasteiger partial charge in [-0.25, -0.2) is 13.2 Å². The minimum atomic E-state index is -0.690. The summed E-state index contributed by atoms with van der Waals surface area (Å²) in [5.41, 5.74) is 3.93. The molecule has 0 aromatic heterocycles. The highest BCUT2D eigenvalue weighted by Crippen LogP contribution is 2.31. The van der Waals surface area contributed by atoms with Crippen molar-refractivity contribution >= 4 is 12.6 Å².